The van der Waals surface area contributed by atoms with Crippen LogP contribution in [0.2, 0.25) is 0 Å². The molecule has 0 radical (unpaired) electrons. The molecule has 0 fully saturated rings. The van der Waals surface area contributed by atoms with Crippen molar-refractivity contribution >= 4 is 34.9 Å². The number of nitrogens with two attached hydrogens (primary N) is 1. The molecule has 1 aromatic heterocycles. The first-order chi connectivity index (χ1) is 19.1. The van der Waals surface area contributed by atoms with Crippen molar-refractivity contribution in [1.29, 1.82) is 0 Å². The van der Waals surface area contributed by atoms with Crippen LogP contribution in [0.1, 0.15) is 30.4 Å². The Kier molecular flexibility index (Phi) is 8.46. The molecule has 3 N–H and O–H groups in total. The van der Waals surface area contributed by atoms with E-state index >= 15 is 0 Å². The lowest BCUT2D eigenvalue weighted by molar-refractivity contribution is -0.143. The highest BCUT2D eigenvalue weighted by molar-refractivity contribution is 6.21. The summed E-state index contributed by atoms with van der Waals surface area (Å²) in [5.41, 5.74) is 7.17. The van der Waals surface area contributed by atoms with E-state index in [0.717, 1.165) is 0 Å². The van der Waals surface area contributed by atoms with Crippen molar-refractivity contribution < 1.29 is 32.3 Å². The standard InChI is InChI=1S/C28H26F3N5O4/c1-40-23-13-7-12-22(33-23)36-20-11-6-5-10-19(20)24(17-8-3-2-4-9-17)34-25(27(36)39)35-26(38)18(16-21(32)37)14-15-28(29,30)31/h2-13,18,25H,14-16H2,1H3,(H2,32,37)(H,35,38)/t18-,25-/m1/s1. The van der Waals surface area contributed by atoms with E-state index in [1.807, 2.05) is 0 Å². The fraction of sp³-hybridized carbons (Fsp3) is 0.250. The van der Waals surface area contributed by atoms with Crippen LogP contribution in [0, 0.1) is 5.92 Å². The molecular weight excluding hydrogens is 527 g/mol. The molecule has 12 heteroatoms. The van der Waals surface area contributed by atoms with E-state index in [2.05, 4.69) is 15.3 Å². The van der Waals surface area contributed by atoms with Gasteiger partial charge in [-0.3, -0.25) is 19.3 Å². The van der Waals surface area contributed by atoms with Crippen LogP contribution in [0.5, 0.6) is 5.88 Å². The molecule has 2 atom stereocenters. The molecule has 0 unspecified atom stereocenters. The van der Waals surface area contributed by atoms with Gasteiger partial charge in [-0.05, 0) is 18.6 Å². The topological polar surface area (TPSA) is 127 Å². The number of carbonyl (C=O) groups excluding carboxylic acids is 3. The molecule has 1 aliphatic rings. The quantitative estimate of drug-likeness (QED) is 0.416. The van der Waals surface area contributed by atoms with Crippen molar-refractivity contribution in [1.82, 2.24) is 10.3 Å². The van der Waals surface area contributed by atoms with Crippen molar-refractivity contribution in [3.8, 4) is 5.88 Å². The molecule has 208 valence electrons. The molecule has 0 bridgehead atoms. The zero-order chi connectivity index (χ0) is 28.9. The number of rotatable bonds is 9. The summed E-state index contributed by atoms with van der Waals surface area (Å²) in [7, 11) is 1.42. The zero-order valence-electron chi connectivity index (χ0n) is 21.4. The van der Waals surface area contributed by atoms with Gasteiger partial charge >= 0.3 is 6.18 Å². The van der Waals surface area contributed by atoms with Crippen molar-refractivity contribution in [2.75, 3.05) is 12.0 Å². The van der Waals surface area contributed by atoms with E-state index in [4.69, 9.17) is 10.5 Å². The number of fused-ring (bicyclic) bond motifs is 1. The van der Waals surface area contributed by atoms with Crippen LogP contribution in [0.3, 0.4) is 0 Å². The Morgan fingerprint density at radius 2 is 1.75 bits per heavy atom. The summed E-state index contributed by atoms with van der Waals surface area (Å²) in [4.78, 5) is 49.1. The monoisotopic (exact) mass is 553 g/mol. The van der Waals surface area contributed by atoms with Crippen molar-refractivity contribution in [3.05, 3.63) is 83.9 Å². The third-order valence-electron chi connectivity index (χ3n) is 6.18. The number of nitrogens with zero attached hydrogens (tertiary/aromatic N) is 3. The second kappa shape index (κ2) is 12.0. The number of benzodiazepines with no additional fused rings is 1. The Morgan fingerprint density at radius 1 is 1.05 bits per heavy atom. The normalized spacial score (nSPS) is 15.9. The summed E-state index contributed by atoms with van der Waals surface area (Å²) in [5, 5.41) is 2.46. The van der Waals surface area contributed by atoms with Crippen LogP contribution in [0.4, 0.5) is 24.7 Å². The minimum absolute atomic E-state index is 0.173. The molecule has 0 saturated heterocycles. The van der Waals surface area contributed by atoms with Gasteiger partial charge in [0.1, 0.15) is 5.82 Å². The number of carbonyl (C=O) groups is 3. The molecule has 0 aliphatic carbocycles. The van der Waals surface area contributed by atoms with E-state index in [0.29, 0.717) is 22.5 Å². The summed E-state index contributed by atoms with van der Waals surface area (Å²) >= 11 is 0. The molecule has 3 amide bonds. The molecule has 4 rings (SSSR count). The van der Waals surface area contributed by atoms with Crippen LogP contribution in [-0.2, 0) is 14.4 Å². The number of hydrogen-bond acceptors (Lipinski definition) is 6. The maximum atomic E-state index is 14.0. The molecule has 9 nitrogen and oxygen atoms in total. The van der Waals surface area contributed by atoms with Crippen LogP contribution in [0.15, 0.2) is 77.8 Å². The lowest BCUT2D eigenvalue weighted by Gasteiger charge is -2.25. The van der Waals surface area contributed by atoms with Crippen LogP contribution >= 0.6 is 0 Å². The number of hydrogen-bond donors (Lipinski definition) is 2. The van der Waals surface area contributed by atoms with Crippen molar-refractivity contribution in [2.24, 2.45) is 16.6 Å². The highest BCUT2D eigenvalue weighted by Crippen LogP contribution is 2.34. The number of ether oxygens (including phenoxy) is 1. The number of anilines is 2. The number of nitrogens with one attached hydrogen (secondary N) is 1. The van der Waals surface area contributed by atoms with Crippen LogP contribution in [-0.4, -0.2) is 47.9 Å². The van der Waals surface area contributed by atoms with Crippen LogP contribution < -0.4 is 20.7 Å². The number of aliphatic imine (C=N–C) groups is 1. The average Bonchev–Trinajstić information content (AvgIpc) is 3.05. The van der Waals surface area contributed by atoms with Gasteiger partial charge in [-0.25, -0.2) is 4.99 Å². The Morgan fingerprint density at radius 3 is 2.42 bits per heavy atom. The lowest BCUT2D eigenvalue weighted by atomic mass is 9.97. The summed E-state index contributed by atoms with van der Waals surface area (Å²) in [5.74, 6) is -3.64. The smallest absolute Gasteiger partial charge is 0.389 e. The number of para-hydroxylation sites is 1. The van der Waals surface area contributed by atoms with Crippen molar-refractivity contribution in [3.63, 3.8) is 0 Å². The van der Waals surface area contributed by atoms with E-state index < -0.39 is 55.2 Å². The largest absolute Gasteiger partial charge is 0.481 e. The van der Waals surface area contributed by atoms with Gasteiger partial charge in [-0.2, -0.15) is 18.2 Å². The Bertz CT molecular complexity index is 1430. The Balaban J connectivity index is 1.81. The van der Waals surface area contributed by atoms with Gasteiger partial charge in [0.05, 0.1) is 18.5 Å². The molecule has 3 aromatic rings. The minimum atomic E-state index is -4.55. The summed E-state index contributed by atoms with van der Waals surface area (Å²) in [6, 6.07) is 20.6. The number of alkyl halides is 3. The molecule has 0 saturated carbocycles. The zero-order valence-corrected chi connectivity index (χ0v) is 21.4. The van der Waals surface area contributed by atoms with Gasteiger partial charge in [0, 0.05) is 36.0 Å². The predicted octanol–water partition coefficient (Wildman–Crippen LogP) is 3.88. The maximum Gasteiger partial charge on any atom is 0.389 e. The number of primary amides is 1. The number of methoxy groups -OCH3 is 1. The summed E-state index contributed by atoms with van der Waals surface area (Å²) in [6.45, 7) is 0. The van der Waals surface area contributed by atoms with Gasteiger partial charge in [0.25, 0.3) is 5.91 Å². The maximum absolute atomic E-state index is 14.0. The van der Waals surface area contributed by atoms with E-state index in [9.17, 15) is 27.6 Å². The van der Waals surface area contributed by atoms with Gasteiger partial charge in [-0.1, -0.05) is 54.6 Å². The number of pyridine rings is 1. The van der Waals surface area contributed by atoms with E-state index in [-0.39, 0.29) is 11.7 Å². The first-order valence-corrected chi connectivity index (χ1v) is 12.3. The third kappa shape index (κ3) is 6.63. The van der Waals surface area contributed by atoms with Gasteiger partial charge in [-0.15, -0.1) is 0 Å². The Labute approximate surface area is 227 Å². The number of amides is 3. The lowest BCUT2D eigenvalue weighted by Crippen LogP contribution is -2.48. The number of benzene rings is 2. The molecule has 0 spiro atoms. The van der Waals surface area contributed by atoms with Gasteiger partial charge in [0.15, 0.2) is 0 Å². The summed E-state index contributed by atoms with van der Waals surface area (Å²) in [6.07, 6.45) is -8.73. The first-order valence-electron chi connectivity index (χ1n) is 12.3. The van der Waals surface area contributed by atoms with E-state index in [1.54, 1.807) is 72.8 Å². The second-order valence-electron chi connectivity index (χ2n) is 9.01. The molecular formula is C28H26F3N5O4. The predicted molar refractivity (Wildman–Crippen MR) is 141 cm³/mol. The van der Waals surface area contributed by atoms with Crippen molar-refractivity contribution in [2.45, 2.75) is 31.6 Å². The van der Waals surface area contributed by atoms with Gasteiger partial charge in [0.2, 0.25) is 23.9 Å². The van der Waals surface area contributed by atoms with Gasteiger partial charge < -0.3 is 15.8 Å². The van der Waals surface area contributed by atoms with Crippen LogP contribution in [0.25, 0.3) is 0 Å². The first kappa shape index (κ1) is 28.3. The fourth-order valence-electron chi connectivity index (χ4n) is 4.32. The average molecular weight is 554 g/mol. The number of halogens is 3. The molecule has 2 aromatic carbocycles. The SMILES string of the molecule is COc1cccc(N2C(=O)[C@@H](NC(=O)[C@H](CCC(F)(F)F)CC(N)=O)N=C(c3ccccc3)c3ccccc32)n1. The minimum Gasteiger partial charge on any atom is -0.481 e. The van der Waals surface area contributed by atoms with E-state index in [1.165, 1.54) is 12.0 Å². The third-order valence-corrected chi connectivity index (χ3v) is 6.18. The summed E-state index contributed by atoms with van der Waals surface area (Å²) < 4.78 is 44.0. The fourth-order valence-corrected chi connectivity index (χ4v) is 4.32. The molecule has 1 aliphatic heterocycles. The molecule has 2 heterocycles. The highest BCUT2D eigenvalue weighted by atomic mass is 19.4. The second-order valence-corrected chi connectivity index (χ2v) is 9.01. The molecule has 40 heavy (non-hydrogen) atoms. The highest BCUT2D eigenvalue weighted by Gasteiger charge is 2.37. The number of aromatic nitrogens is 1. The Hall–Kier alpha value is -4.74.